The van der Waals surface area contributed by atoms with Crippen LogP contribution in [0.1, 0.15) is 38.2 Å². The molecule has 0 aromatic heterocycles. The highest BCUT2D eigenvalue weighted by molar-refractivity contribution is 6.31. The maximum atomic E-state index is 6.11. The minimum atomic E-state index is 0.542. The lowest BCUT2D eigenvalue weighted by atomic mass is 9.86. The standard InChI is InChI=1S/C15H21Cl2N/c1-11-3-7-14(8-4-11)18(2)15-9-13(17)6-5-12(15)10-16/h5-6,9,11,14H,3-4,7-8,10H2,1-2H3. The number of nitrogens with zero attached hydrogens (tertiary/aromatic N) is 1. The van der Waals surface area contributed by atoms with Crippen molar-refractivity contribution >= 4 is 28.9 Å². The Labute approximate surface area is 120 Å². The second kappa shape index (κ2) is 6.16. The zero-order valence-electron chi connectivity index (χ0n) is 11.1. The number of halogens is 2. The van der Waals surface area contributed by atoms with Crippen molar-refractivity contribution in [2.45, 2.75) is 44.5 Å². The van der Waals surface area contributed by atoms with E-state index >= 15 is 0 Å². The minimum Gasteiger partial charge on any atom is -0.371 e. The van der Waals surface area contributed by atoms with Gasteiger partial charge in [-0.25, -0.2) is 0 Å². The van der Waals surface area contributed by atoms with E-state index in [1.54, 1.807) is 0 Å². The number of anilines is 1. The quantitative estimate of drug-likeness (QED) is 0.699. The van der Waals surface area contributed by atoms with Crippen molar-refractivity contribution in [1.29, 1.82) is 0 Å². The van der Waals surface area contributed by atoms with Crippen LogP contribution in [0.3, 0.4) is 0 Å². The summed E-state index contributed by atoms with van der Waals surface area (Å²) in [6.07, 6.45) is 5.19. The second-order valence-electron chi connectivity index (χ2n) is 5.43. The van der Waals surface area contributed by atoms with Crippen LogP contribution in [0.2, 0.25) is 5.02 Å². The first-order valence-corrected chi connectivity index (χ1v) is 7.60. The van der Waals surface area contributed by atoms with Crippen LogP contribution in [0.4, 0.5) is 5.69 Å². The molecule has 1 aliphatic carbocycles. The van der Waals surface area contributed by atoms with Crippen LogP contribution >= 0.6 is 23.2 Å². The molecule has 0 aliphatic heterocycles. The normalized spacial score (nSPS) is 24.0. The lowest BCUT2D eigenvalue weighted by Crippen LogP contribution is -2.35. The van der Waals surface area contributed by atoms with E-state index < -0.39 is 0 Å². The molecule has 1 aromatic carbocycles. The Morgan fingerprint density at radius 1 is 1.22 bits per heavy atom. The molecule has 0 atom stereocenters. The first kappa shape index (κ1) is 14.0. The Morgan fingerprint density at radius 3 is 2.50 bits per heavy atom. The van der Waals surface area contributed by atoms with Gasteiger partial charge in [-0.05, 0) is 49.3 Å². The molecule has 1 aromatic rings. The molecule has 18 heavy (non-hydrogen) atoms. The summed E-state index contributed by atoms with van der Waals surface area (Å²) in [6.45, 7) is 2.35. The van der Waals surface area contributed by atoms with Gasteiger partial charge in [0.05, 0.1) is 0 Å². The molecule has 100 valence electrons. The van der Waals surface area contributed by atoms with Gasteiger partial charge in [0.25, 0.3) is 0 Å². The molecule has 3 heteroatoms. The maximum Gasteiger partial charge on any atom is 0.0494 e. The fraction of sp³-hybridized carbons (Fsp3) is 0.600. The van der Waals surface area contributed by atoms with E-state index in [9.17, 15) is 0 Å². The highest BCUT2D eigenvalue weighted by Crippen LogP contribution is 2.32. The van der Waals surface area contributed by atoms with Crippen LogP contribution in [0, 0.1) is 5.92 Å². The van der Waals surface area contributed by atoms with Gasteiger partial charge < -0.3 is 4.90 Å². The third-order valence-electron chi connectivity index (χ3n) is 4.10. The molecular formula is C15H21Cl2N. The van der Waals surface area contributed by atoms with Crippen molar-refractivity contribution in [3.8, 4) is 0 Å². The zero-order valence-corrected chi connectivity index (χ0v) is 12.6. The molecule has 1 nitrogen and oxygen atoms in total. The van der Waals surface area contributed by atoms with E-state index in [4.69, 9.17) is 23.2 Å². The molecule has 1 fully saturated rings. The summed E-state index contributed by atoms with van der Waals surface area (Å²) in [6, 6.07) is 6.62. The van der Waals surface area contributed by atoms with Gasteiger partial charge in [-0.2, -0.15) is 0 Å². The van der Waals surface area contributed by atoms with E-state index in [-0.39, 0.29) is 0 Å². The van der Waals surface area contributed by atoms with Crippen LogP contribution in [0.25, 0.3) is 0 Å². The SMILES string of the molecule is CC1CCC(N(C)c2cc(Cl)ccc2CCl)CC1. The van der Waals surface area contributed by atoms with Gasteiger partial charge in [0, 0.05) is 29.7 Å². The summed E-state index contributed by atoms with van der Waals surface area (Å²) in [5, 5.41) is 0.787. The van der Waals surface area contributed by atoms with Gasteiger partial charge in [0.15, 0.2) is 0 Å². The van der Waals surface area contributed by atoms with Crippen molar-refractivity contribution < 1.29 is 0 Å². The van der Waals surface area contributed by atoms with Crippen molar-refractivity contribution in [2.75, 3.05) is 11.9 Å². The highest BCUT2D eigenvalue weighted by Gasteiger charge is 2.23. The zero-order chi connectivity index (χ0) is 13.1. The van der Waals surface area contributed by atoms with Crippen LogP contribution in [-0.4, -0.2) is 13.1 Å². The number of benzene rings is 1. The predicted molar refractivity (Wildman–Crippen MR) is 80.8 cm³/mol. The third kappa shape index (κ3) is 3.13. The van der Waals surface area contributed by atoms with E-state index in [2.05, 4.69) is 18.9 Å². The Bertz CT molecular complexity index is 397. The van der Waals surface area contributed by atoms with E-state index in [0.29, 0.717) is 11.9 Å². The van der Waals surface area contributed by atoms with Crippen LogP contribution in [0.15, 0.2) is 18.2 Å². The summed E-state index contributed by atoms with van der Waals surface area (Å²) in [5.74, 6) is 1.42. The Hall–Kier alpha value is -0.400. The van der Waals surface area contributed by atoms with Crippen LogP contribution in [0.5, 0.6) is 0 Å². The molecule has 2 rings (SSSR count). The number of hydrogen-bond acceptors (Lipinski definition) is 1. The Kier molecular flexibility index (Phi) is 4.80. The van der Waals surface area contributed by atoms with Crippen LogP contribution in [-0.2, 0) is 5.88 Å². The second-order valence-corrected chi connectivity index (χ2v) is 6.13. The van der Waals surface area contributed by atoms with Gasteiger partial charge >= 0.3 is 0 Å². The molecule has 0 unspecified atom stereocenters. The highest BCUT2D eigenvalue weighted by atomic mass is 35.5. The minimum absolute atomic E-state index is 0.542. The number of hydrogen-bond donors (Lipinski definition) is 0. The average molecular weight is 286 g/mol. The molecule has 0 amide bonds. The summed E-state index contributed by atoms with van der Waals surface area (Å²) >= 11 is 12.1. The first-order valence-electron chi connectivity index (χ1n) is 6.69. The third-order valence-corrected chi connectivity index (χ3v) is 4.63. The molecule has 0 heterocycles. The smallest absolute Gasteiger partial charge is 0.0494 e. The van der Waals surface area contributed by atoms with Crippen molar-refractivity contribution in [3.63, 3.8) is 0 Å². The topological polar surface area (TPSA) is 3.24 Å². The molecule has 0 spiro atoms. The molecule has 0 bridgehead atoms. The summed E-state index contributed by atoms with van der Waals surface area (Å²) < 4.78 is 0. The molecule has 0 N–H and O–H groups in total. The monoisotopic (exact) mass is 285 g/mol. The van der Waals surface area contributed by atoms with Crippen LogP contribution < -0.4 is 4.90 Å². The van der Waals surface area contributed by atoms with Gasteiger partial charge in [0.1, 0.15) is 0 Å². The Balaban J connectivity index is 2.17. The van der Waals surface area contributed by atoms with Crippen molar-refractivity contribution in [2.24, 2.45) is 5.92 Å². The molecule has 1 saturated carbocycles. The van der Waals surface area contributed by atoms with Crippen molar-refractivity contribution in [3.05, 3.63) is 28.8 Å². The summed E-state index contributed by atoms with van der Waals surface area (Å²) in [7, 11) is 2.17. The largest absolute Gasteiger partial charge is 0.371 e. The summed E-state index contributed by atoms with van der Waals surface area (Å²) in [5.41, 5.74) is 2.36. The predicted octanol–water partition coefficient (Wildman–Crippen LogP) is 5.09. The van der Waals surface area contributed by atoms with Crippen molar-refractivity contribution in [1.82, 2.24) is 0 Å². The van der Waals surface area contributed by atoms with Gasteiger partial charge in [-0.3, -0.25) is 0 Å². The average Bonchev–Trinajstić information content (AvgIpc) is 2.39. The first-order chi connectivity index (χ1) is 8.61. The van der Waals surface area contributed by atoms with Gasteiger partial charge in [-0.15, -0.1) is 11.6 Å². The lowest BCUT2D eigenvalue weighted by Gasteiger charge is -2.36. The number of alkyl halides is 1. The Morgan fingerprint density at radius 2 is 1.89 bits per heavy atom. The maximum absolute atomic E-state index is 6.11. The van der Waals surface area contributed by atoms with E-state index in [1.807, 2.05) is 18.2 Å². The number of rotatable bonds is 3. The van der Waals surface area contributed by atoms with Gasteiger partial charge in [0.2, 0.25) is 0 Å². The molecule has 0 radical (unpaired) electrons. The molecule has 0 saturated heterocycles. The molecular weight excluding hydrogens is 265 g/mol. The molecule has 1 aliphatic rings. The fourth-order valence-electron chi connectivity index (χ4n) is 2.80. The van der Waals surface area contributed by atoms with Gasteiger partial charge in [-0.1, -0.05) is 24.6 Å². The van der Waals surface area contributed by atoms with E-state index in [1.165, 1.54) is 36.9 Å². The lowest BCUT2D eigenvalue weighted by molar-refractivity contribution is 0.340. The fourth-order valence-corrected chi connectivity index (χ4v) is 3.20. The van der Waals surface area contributed by atoms with E-state index in [0.717, 1.165) is 10.9 Å². The summed E-state index contributed by atoms with van der Waals surface area (Å²) in [4.78, 5) is 2.37.